The Balaban J connectivity index is 1.14. The van der Waals surface area contributed by atoms with E-state index in [0.717, 1.165) is 33.2 Å². The molecule has 0 N–H and O–H groups in total. The summed E-state index contributed by atoms with van der Waals surface area (Å²) in [6, 6.07) is 52.2. The molecule has 0 spiro atoms. The fraction of sp³-hybridized carbons (Fsp3) is 0.0638. The minimum absolute atomic E-state index is 0.0824. The lowest BCUT2D eigenvalue weighted by Crippen LogP contribution is -2.14. The number of benzene rings is 7. The topological polar surface area (TPSA) is 57.4 Å². The van der Waals surface area contributed by atoms with Crippen molar-refractivity contribution in [3.8, 4) is 34.6 Å². The van der Waals surface area contributed by atoms with E-state index in [1.54, 1.807) is 0 Å². The molecule has 0 fully saturated rings. The predicted octanol–water partition coefficient (Wildman–Crippen LogP) is 12.3. The van der Waals surface area contributed by atoms with E-state index >= 15 is 0 Å². The third-order valence-electron chi connectivity index (χ3n) is 11.4. The van der Waals surface area contributed by atoms with Gasteiger partial charge < -0.3 is 9.13 Å². The molecular weight excluding hydrogens is 653 g/mol. The van der Waals surface area contributed by atoms with Gasteiger partial charge in [-0.05, 0) is 89.5 Å². The number of rotatable bonds is 2. The summed E-state index contributed by atoms with van der Waals surface area (Å²) in [5, 5.41) is 26.2. The van der Waals surface area contributed by atoms with Crippen molar-refractivity contribution in [2.45, 2.75) is 19.3 Å². The van der Waals surface area contributed by atoms with E-state index in [1.165, 1.54) is 64.2 Å². The van der Waals surface area contributed by atoms with Gasteiger partial charge in [-0.2, -0.15) is 10.5 Å². The number of aromatic nitrogens is 2. The van der Waals surface area contributed by atoms with Crippen LogP contribution in [0.4, 0.5) is 0 Å². The maximum absolute atomic E-state index is 9.66. The molecule has 0 bridgehead atoms. The zero-order chi connectivity index (χ0) is 34.9. The van der Waals surface area contributed by atoms with Gasteiger partial charge in [0.25, 0.3) is 0 Å². The van der Waals surface area contributed by atoms with Crippen LogP contribution in [0, 0.1) is 22.7 Å². The molecule has 3 aromatic heterocycles. The first-order chi connectivity index (χ1) is 25.4. The van der Waals surface area contributed by atoms with Crippen LogP contribution in [0.1, 0.15) is 36.1 Å². The van der Waals surface area contributed by atoms with E-state index in [0.29, 0.717) is 11.1 Å². The molecule has 7 aromatic carbocycles. The SMILES string of the molecule is CC1(C)c2ccccc2-c2c1ccc1c3ccccc3n(-c3ccc4c(c3)sc3ccc(-n5c6ccc(C#N)cc6c6cc(C#N)ccc65)cc34)c21. The van der Waals surface area contributed by atoms with Gasteiger partial charge in [-0.15, -0.1) is 11.3 Å². The molecule has 0 radical (unpaired) electrons. The first-order valence-corrected chi connectivity index (χ1v) is 18.3. The Morgan fingerprint density at radius 2 is 1.15 bits per heavy atom. The zero-order valence-electron chi connectivity index (χ0n) is 28.4. The molecular formula is C47H28N4S. The monoisotopic (exact) mass is 680 g/mol. The minimum atomic E-state index is -0.0824. The maximum atomic E-state index is 9.66. The number of nitriles is 2. The van der Waals surface area contributed by atoms with Gasteiger partial charge in [-0.1, -0.05) is 74.5 Å². The van der Waals surface area contributed by atoms with Gasteiger partial charge in [0.1, 0.15) is 0 Å². The summed E-state index contributed by atoms with van der Waals surface area (Å²) in [6.07, 6.45) is 0. The second-order valence-corrected chi connectivity index (χ2v) is 15.5. The molecule has 0 saturated carbocycles. The van der Waals surface area contributed by atoms with Crippen molar-refractivity contribution in [1.82, 2.24) is 9.13 Å². The fourth-order valence-electron chi connectivity index (χ4n) is 8.98. The molecule has 0 saturated heterocycles. The van der Waals surface area contributed by atoms with Gasteiger partial charge in [-0.3, -0.25) is 0 Å². The second-order valence-electron chi connectivity index (χ2n) is 14.4. The molecule has 5 heteroatoms. The number of nitrogens with zero attached hydrogens (tertiary/aromatic N) is 4. The van der Waals surface area contributed by atoms with Crippen LogP contribution in [0.15, 0.2) is 133 Å². The van der Waals surface area contributed by atoms with E-state index in [2.05, 4.69) is 132 Å². The summed E-state index contributed by atoms with van der Waals surface area (Å²) in [5.41, 5.74) is 13.2. The number of hydrogen-bond donors (Lipinski definition) is 0. The van der Waals surface area contributed by atoms with Crippen LogP contribution in [-0.2, 0) is 5.41 Å². The van der Waals surface area contributed by atoms with Gasteiger partial charge >= 0.3 is 0 Å². The minimum Gasteiger partial charge on any atom is -0.309 e. The van der Waals surface area contributed by atoms with Crippen LogP contribution in [0.5, 0.6) is 0 Å². The van der Waals surface area contributed by atoms with Crippen LogP contribution >= 0.6 is 11.3 Å². The average Bonchev–Trinajstić information content (AvgIpc) is 3.89. The van der Waals surface area contributed by atoms with E-state index in [1.807, 2.05) is 47.7 Å². The van der Waals surface area contributed by atoms with E-state index in [9.17, 15) is 10.5 Å². The van der Waals surface area contributed by atoms with Crippen molar-refractivity contribution in [3.05, 3.63) is 156 Å². The van der Waals surface area contributed by atoms with Crippen molar-refractivity contribution >= 4 is 75.1 Å². The van der Waals surface area contributed by atoms with Gasteiger partial charge in [-0.25, -0.2) is 0 Å². The third kappa shape index (κ3) is 3.73. The van der Waals surface area contributed by atoms with Crippen molar-refractivity contribution in [1.29, 1.82) is 10.5 Å². The Bertz CT molecular complexity index is 3230. The van der Waals surface area contributed by atoms with Gasteiger partial charge in [0.2, 0.25) is 0 Å². The highest BCUT2D eigenvalue weighted by Gasteiger charge is 2.37. The summed E-state index contributed by atoms with van der Waals surface area (Å²) in [4.78, 5) is 0. The van der Waals surface area contributed by atoms with Gasteiger partial charge in [0.15, 0.2) is 0 Å². The highest BCUT2D eigenvalue weighted by molar-refractivity contribution is 7.25. The third-order valence-corrected chi connectivity index (χ3v) is 12.5. The Hall–Kier alpha value is -6.66. The highest BCUT2D eigenvalue weighted by atomic mass is 32.1. The van der Waals surface area contributed by atoms with Crippen LogP contribution in [0.2, 0.25) is 0 Å². The smallest absolute Gasteiger partial charge is 0.0991 e. The Morgan fingerprint density at radius 1 is 0.500 bits per heavy atom. The number of fused-ring (bicyclic) bond motifs is 13. The molecule has 0 unspecified atom stereocenters. The number of thiophene rings is 1. The molecule has 0 amide bonds. The quantitative estimate of drug-likeness (QED) is 0.182. The standard InChI is InChI=1S/C47H28N4S/c1-47(2)38-9-5-3-8-34(38)45-39(47)17-16-33-31-7-4-6-10-40(31)51(46(33)45)30-13-15-32-37-23-29(14-20-43(37)52-44(32)24-30)50-41-18-11-27(25-48)21-35(41)36-22-28(26-49)12-19-42(36)50/h3-24H,1-2H3. The van der Waals surface area contributed by atoms with Crippen molar-refractivity contribution in [2.75, 3.05) is 0 Å². The molecule has 0 atom stereocenters. The molecule has 0 aliphatic heterocycles. The van der Waals surface area contributed by atoms with E-state index in [4.69, 9.17) is 0 Å². The van der Waals surface area contributed by atoms with Crippen LogP contribution in [0.3, 0.4) is 0 Å². The van der Waals surface area contributed by atoms with Crippen LogP contribution < -0.4 is 0 Å². The van der Waals surface area contributed by atoms with Crippen molar-refractivity contribution in [2.24, 2.45) is 0 Å². The van der Waals surface area contributed by atoms with E-state index < -0.39 is 0 Å². The Labute approximate surface area is 303 Å². The maximum Gasteiger partial charge on any atom is 0.0991 e. The van der Waals surface area contributed by atoms with Crippen molar-refractivity contribution in [3.63, 3.8) is 0 Å². The molecule has 1 aliphatic carbocycles. The van der Waals surface area contributed by atoms with Crippen molar-refractivity contribution < 1.29 is 0 Å². The molecule has 3 heterocycles. The predicted molar refractivity (Wildman–Crippen MR) is 215 cm³/mol. The lowest BCUT2D eigenvalue weighted by atomic mass is 9.82. The Kier molecular flexibility index (Phi) is 5.71. The normalized spacial score (nSPS) is 13.3. The second kappa shape index (κ2) is 10.2. The van der Waals surface area contributed by atoms with Gasteiger partial charge in [0, 0.05) is 64.1 Å². The summed E-state index contributed by atoms with van der Waals surface area (Å²) >= 11 is 1.83. The largest absolute Gasteiger partial charge is 0.309 e. The Morgan fingerprint density at radius 3 is 1.92 bits per heavy atom. The molecule has 52 heavy (non-hydrogen) atoms. The first-order valence-electron chi connectivity index (χ1n) is 17.5. The lowest BCUT2D eigenvalue weighted by Gasteiger charge is -2.21. The molecule has 11 rings (SSSR count). The van der Waals surface area contributed by atoms with E-state index in [-0.39, 0.29) is 5.41 Å². The summed E-state index contributed by atoms with van der Waals surface area (Å²) in [5.74, 6) is 0. The van der Waals surface area contributed by atoms with Crippen LogP contribution in [-0.4, -0.2) is 9.13 Å². The fourth-order valence-corrected chi connectivity index (χ4v) is 10.1. The molecule has 10 aromatic rings. The van der Waals surface area contributed by atoms with Gasteiger partial charge in [0.05, 0.1) is 45.3 Å². The molecule has 4 nitrogen and oxygen atoms in total. The average molecular weight is 681 g/mol. The molecule has 242 valence electrons. The lowest BCUT2D eigenvalue weighted by molar-refractivity contribution is 0.661. The summed E-state index contributed by atoms with van der Waals surface area (Å²) in [7, 11) is 0. The van der Waals surface area contributed by atoms with Crippen LogP contribution in [0.25, 0.3) is 86.3 Å². The number of hydrogen-bond acceptors (Lipinski definition) is 3. The number of para-hydroxylation sites is 1. The first kappa shape index (κ1) is 29.1. The zero-order valence-corrected chi connectivity index (χ0v) is 29.2. The molecule has 1 aliphatic rings. The highest BCUT2D eigenvalue weighted by Crippen LogP contribution is 2.53. The summed E-state index contributed by atoms with van der Waals surface area (Å²) in [6.45, 7) is 4.70. The summed E-state index contributed by atoms with van der Waals surface area (Å²) < 4.78 is 7.21.